The number of fused-ring (bicyclic) bond motifs is 2. The number of likely N-dealkylation sites (tertiary alicyclic amines) is 1. The minimum atomic E-state index is -0.920. The second-order valence-electron chi connectivity index (χ2n) is 13.1. The number of halogens is 1. The molecule has 1 aromatic heterocycles. The molecular formula is C36H45FN6O4. The number of ether oxygens (including phenoxy) is 3. The molecule has 1 amide bonds. The minimum Gasteiger partial charge on any atom is -0.462 e. The molecule has 4 aliphatic heterocycles. The maximum Gasteiger partial charge on any atom is 0.318 e. The van der Waals surface area contributed by atoms with Crippen molar-refractivity contribution in [2.75, 3.05) is 69.3 Å². The Labute approximate surface area is 276 Å². The number of piperazine rings is 1. The summed E-state index contributed by atoms with van der Waals surface area (Å²) < 4.78 is 32.0. The Morgan fingerprint density at radius 1 is 1.00 bits per heavy atom. The molecule has 0 spiro atoms. The lowest BCUT2D eigenvalue weighted by molar-refractivity contribution is -0.168. The number of amides is 1. The lowest BCUT2D eigenvalue weighted by Gasteiger charge is -2.38. The lowest BCUT2D eigenvalue weighted by Crippen LogP contribution is -2.49. The summed E-state index contributed by atoms with van der Waals surface area (Å²) in [5.74, 6) is -0.702. The van der Waals surface area contributed by atoms with Crippen molar-refractivity contribution >= 4 is 28.2 Å². The Morgan fingerprint density at radius 2 is 1.83 bits per heavy atom. The minimum absolute atomic E-state index is 0.152. The van der Waals surface area contributed by atoms with Gasteiger partial charge in [-0.2, -0.15) is 9.97 Å². The van der Waals surface area contributed by atoms with E-state index in [0.29, 0.717) is 58.0 Å². The monoisotopic (exact) mass is 644 g/mol. The molecule has 5 heterocycles. The number of carbonyl (C=O) groups is 1. The number of rotatable bonds is 9. The fourth-order valence-corrected chi connectivity index (χ4v) is 7.38. The third-order valence-corrected chi connectivity index (χ3v) is 10.1. The van der Waals surface area contributed by atoms with Crippen molar-refractivity contribution in [2.24, 2.45) is 0 Å². The second-order valence-corrected chi connectivity index (χ2v) is 13.1. The number of hydrogen-bond donors (Lipinski definition) is 0. The first kappa shape index (κ1) is 31.8. The molecule has 47 heavy (non-hydrogen) atoms. The molecular weight excluding hydrogens is 599 g/mol. The van der Waals surface area contributed by atoms with E-state index in [1.165, 1.54) is 15.7 Å². The van der Waals surface area contributed by atoms with Crippen molar-refractivity contribution in [2.45, 2.75) is 64.0 Å². The molecule has 7 rings (SSSR count). The second kappa shape index (κ2) is 14.1. The van der Waals surface area contributed by atoms with Crippen LogP contribution in [0, 0.1) is 0 Å². The summed E-state index contributed by atoms with van der Waals surface area (Å²) in [5.41, 5.74) is 4.37. The first-order valence-corrected chi connectivity index (χ1v) is 17.0. The van der Waals surface area contributed by atoms with E-state index in [4.69, 9.17) is 24.2 Å². The summed E-state index contributed by atoms with van der Waals surface area (Å²) in [6.45, 7) is 9.38. The topological polar surface area (TPSA) is 83.5 Å². The van der Waals surface area contributed by atoms with Crippen molar-refractivity contribution in [1.29, 1.82) is 0 Å². The summed E-state index contributed by atoms with van der Waals surface area (Å²) in [5, 5.41) is 2.37. The van der Waals surface area contributed by atoms with Crippen molar-refractivity contribution in [3.8, 4) is 6.01 Å². The maximum atomic E-state index is 13.6. The van der Waals surface area contributed by atoms with Gasteiger partial charge in [-0.3, -0.25) is 4.79 Å². The number of likely N-dealkylation sites (N-methyl/N-ethyl adjacent to an activating group) is 1. The van der Waals surface area contributed by atoms with E-state index in [1.807, 2.05) is 0 Å². The summed E-state index contributed by atoms with van der Waals surface area (Å²) >= 11 is 0. The molecule has 3 fully saturated rings. The van der Waals surface area contributed by atoms with Crippen LogP contribution in [0.3, 0.4) is 0 Å². The molecule has 0 aliphatic carbocycles. The van der Waals surface area contributed by atoms with E-state index < -0.39 is 11.7 Å². The van der Waals surface area contributed by atoms with Crippen LogP contribution in [0.4, 0.5) is 15.9 Å². The number of carbonyl (C=O) groups excluding carboxylic acids is 1. The SMILES string of the molecule is C=C(F)C(=O)N1CCN(c2nc(OC[C@@H]3CCCN3C)nc3c2CCN(c2cccc4cccc(COC5CCCCO5)c24)C3)CC1. The predicted octanol–water partition coefficient (Wildman–Crippen LogP) is 4.84. The van der Waals surface area contributed by atoms with Gasteiger partial charge in [0.2, 0.25) is 0 Å². The van der Waals surface area contributed by atoms with E-state index in [0.717, 1.165) is 86.5 Å². The van der Waals surface area contributed by atoms with Gasteiger partial charge in [0.25, 0.3) is 5.91 Å². The fourth-order valence-electron chi connectivity index (χ4n) is 7.38. The Kier molecular flexibility index (Phi) is 9.55. The zero-order valence-corrected chi connectivity index (χ0v) is 27.3. The van der Waals surface area contributed by atoms with Gasteiger partial charge >= 0.3 is 6.01 Å². The van der Waals surface area contributed by atoms with Crippen LogP contribution in [0.5, 0.6) is 6.01 Å². The van der Waals surface area contributed by atoms with Crippen LogP contribution in [0.2, 0.25) is 0 Å². The smallest absolute Gasteiger partial charge is 0.318 e. The van der Waals surface area contributed by atoms with Gasteiger partial charge in [0.1, 0.15) is 12.4 Å². The summed E-state index contributed by atoms with van der Waals surface area (Å²) in [6.07, 6.45) is 6.03. The van der Waals surface area contributed by atoms with Crippen LogP contribution in [0.15, 0.2) is 48.8 Å². The van der Waals surface area contributed by atoms with Crippen LogP contribution >= 0.6 is 0 Å². The number of hydrogen-bond acceptors (Lipinski definition) is 9. The van der Waals surface area contributed by atoms with Gasteiger partial charge in [0.05, 0.1) is 18.8 Å². The van der Waals surface area contributed by atoms with Crippen molar-refractivity contribution < 1.29 is 23.4 Å². The quantitative estimate of drug-likeness (QED) is 0.304. The van der Waals surface area contributed by atoms with Gasteiger partial charge in [0, 0.05) is 62.0 Å². The van der Waals surface area contributed by atoms with Crippen LogP contribution in [0.1, 0.15) is 48.9 Å². The van der Waals surface area contributed by atoms with Crippen molar-refractivity contribution in [3.05, 3.63) is 65.6 Å². The van der Waals surface area contributed by atoms with Crippen molar-refractivity contribution in [1.82, 2.24) is 19.8 Å². The fraction of sp³-hybridized carbons (Fsp3) is 0.528. The molecule has 0 N–H and O–H groups in total. The van der Waals surface area contributed by atoms with Crippen LogP contribution in [-0.2, 0) is 33.8 Å². The average Bonchev–Trinajstić information content (AvgIpc) is 3.53. The molecule has 250 valence electrons. The third kappa shape index (κ3) is 6.93. The highest BCUT2D eigenvalue weighted by Gasteiger charge is 2.31. The number of aromatic nitrogens is 2. The largest absolute Gasteiger partial charge is 0.462 e. The van der Waals surface area contributed by atoms with Gasteiger partial charge in [0.15, 0.2) is 12.1 Å². The molecule has 3 aromatic rings. The number of nitrogens with zero attached hydrogens (tertiary/aromatic N) is 6. The van der Waals surface area contributed by atoms with Crippen LogP contribution in [0.25, 0.3) is 10.8 Å². The van der Waals surface area contributed by atoms with E-state index in [9.17, 15) is 9.18 Å². The molecule has 0 radical (unpaired) electrons. The molecule has 2 atom stereocenters. The number of benzene rings is 2. The molecule has 0 bridgehead atoms. The standard InChI is InChI=1S/C36H45FN6O4/c1-25(37)35(44)42-19-17-41(18-20-42)34-29-14-16-43(22-30(29)38-36(39-34)47-24-28-11-7-15-40(28)2)31-12-6-9-26-8-5-10-27(33(26)31)23-46-32-13-3-4-21-45-32/h5-6,8-10,12,28,32H,1,3-4,7,11,13-24H2,2H3/t28-,32?/m0/s1. The van der Waals surface area contributed by atoms with E-state index in [1.54, 1.807) is 0 Å². The summed E-state index contributed by atoms with van der Waals surface area (Å²) in [7, 11) is 2.14. The average molecular weight is 645 g/mol. The molecule has 1 unspecified atom stereocenters. The first-order chi connectivity index (χ1) is 22.9. The zero-order valence-electron chi connectivity index (χ0n) is 27.3. The Morgan fingerprint density at radius 3 is 2.57 bits per heavy atom. The van der Waals surface area contributed by atoms with Gasteiger partial charge in [-0.15, -0.1) is 0 Å². The normalized spacial score (nSPS) is 22.0. The molecule has 3 saturated heterocycles. The highest BCUT2D eigenvalue weighted by atomic mass is 19.1. The molecule has 0 saturated carbocycles. The number of anilines is 2. The van der Waals surface area contributed by atoms with E-state index in [-0.39, 0.29) is 6.29 Å². The molecule has 11 heteroatoms. The molecule has 2 aromatic carbocycles. The molecule has 4 aliphatic rings. The molecule has 10 nitrogen and oxygen atoms in total. The Hall–Kier alpha value is -3.80. The van der Waals surface area contributed by atoms with Gasteiger partial charge in [-0.05, 0) is 69.1 Å². The van der Waals surface area contributed by atoms with Gasteiger partial charge < -0.3 is 33.8 Å². The zero-order chi connectivity index (χ0) is 32.3. The lowest BCUT2D eigenvalue weighted by atomic mass is 9.99. The third-order valence-electron chi connectivity index (χ3n) is 10.1. The Bertz CT molecular complexity index is 1600. The highest BCUT2D eigenvalue weighted by Crippen LogP contribution is 2.36. The van der Waals surface area contributed by atoms with Crippen LogP contribution < -0.4 is 14.5 Å². The van der Waals surface area contributed by atoms with Crippen LogP contribution in [-0.4, -0.2) is 97.5 Å². The van der Waals surface area contributed by atoms with Gasteiger partial charge in [-0.25, -0.2) is 4.39 Å². The highest BCUT2D eigenvalue weighted by molar-refractivity contribution is 5.97. The predicted molar refractivity (Wildman–Crippen MR) is 179 cm³/mol. The summed E-state index contributed by atoms with van der Waals surface area (Å²) in [6, 6.07) is 13.6. The van der Waals surface area contributed by atoms with E-state index >= 15 is 0 Å². The summed E-state index contributed by atoms with van der Waals surface area (Å²) in [4.78, 5) is 30.7. The van der Waals surface area contributed by atoms with Crippen molar-refractivity contribution in [3.63, 3.8) is 0 Å². The van der Waals surface area contributed by atoms with E-state index in [2.05, 4.69) is 64.7 Å². The Balaban J connectivity index is 1.16. The van der Waals surface area contributed by atoms with Gasteiger partial charge in [-0.1, -0.05) is 36.9 Å². The first-order valence-electron chi connectivity index (χ1n) is 17.0. The maximum absolute atomic E-state index is 13.6.